The number of carbonyl (C=O) groups is 1. The molecule has 2 aromatic heterocycles. The van der Waals surface area contributed by atoms with Crippen LogP contribution < -0.4 is 0 Å². The number of rotatable bonds is 4. The summed E-state index contributed by atoms with van der Waals surface area (Å²) >= 11 is 2.38. The predicted molar refractivity (Wildman–Crippen MR) is 78.6 cm³/mol. The highest BCUT2D eigenvalue weighted by Gasteiger charge is 2.16. The molecule has 0 bridgehead atoms. The fraction of sp³-hybridized carbons (Fsp3) is 0.0769. The maximum absolute atomic E-state index is 12.1. The zero-order chi connectivity index (χ0) is 14.1. The first kappa shape index (κ1) is 12.9. The predicted octanol–water partition coefficient (Wildman–Crippen LogP) is 3.69. The van der Waals surface area contributed by atoms with Gasteiger partial charge in [0.05, 0.1) is 15.1 Å². The number of nitrogens with zero attached hydrogens (tertiary/aromatic N) is 2. The van der Waals surface area contributed by atoms with E-state index >= 15 is 0 Å². The van der Waals surface area contributed by atoms with Crippen molar-refractivity contribution in [2.45, 2.75) is 6.42 Å². The molecule has 0 aliphatic heterocycles. The van der Waals surface area contributed by atoms with Gasteiger partial charge in [0.25, 0.3) is 0 Å². The number of thiophene rings is 1. The first-order valence-electron chi connectivity index (χ1n) is 5.75. The number of ketones is 1. The van der Waals surface area contributed by atoms with Gasteiger partial charge in [-0.25, -0.2) is 4.98 Å². The molecule has 0 saturated heterocycles. The molecule has 0 amide bonds. The minimum Gasteiger partial charge on any atom is -0.291 e. The van der Waals surface area contributed by atoms with Crippen molar-refractivity contribution in [2.75, 3.05) is 0 Å². The number of carbonyl (C=O) groups excluding carboxylic acids is 1. The lowest BCUT2D eigenvalue weighted by Crippen LogP contribution is -2.01. The average Bonchev–Trinajstić information content (AvgIpc) is 3.04. The van der Waals surface area contributed by atoms with E-state index in [-0.39, 0.29) is 17.2 Å². The minimum absolute atomic E-state index is 0.0529. The van der Waals surface area contributed by atoms with Crippen LogP contribution in [0.3, 0.4) is 0 Å². The smallest absolute Gasteiger partial charge is 0.291 e. The Morgan fingerprint density at radius 2 is 2.00 bits per heavy atom. The number of para-hydroxylation sites is 1. The van der Waals surface area contributed by atoms with E-state index in [0.29, 0.717) is 9.88 Å². The quantitative estimate of drug-likeness (QED) is 0.418. The maximum Gasteiger partial charge on any atom is 0.324 e. The van der Waals surface area contributed by atoms with Gasteiger partial charge in [-0.15, -0.1) is 11.3 Å². The van der Waals surface area contributed by atoms with Crippen LogP contribution >= 0.6 is 22.7 Å². The van der Waals surface area contributed by atoms with E-state index in [9.17, 15) is 14.9 Å². The average molecular weight is 304 g/mol. The Bertz CT molecular complexity index is 774. The van der Waals surface area contributed by atoms with Crippen molar-refractivity contribution < 1.29 is 9.72 Å². The number of Topliss-reactive ketones (excluding diaryl/α,β-unsaturated/α-hetero) is 1. The first-order valence-corrected chi connectivity index (χ1v) is 7.38. The summed E-state index contributed by atoms with van der Waals surface area (Å²) in [6.07, 6.45) is 0.151. The van der Waals surface area contributed by atoms with E-state index in [2.05, 4.69) is 4.98 Å². The molecule has 0 unspecified atom stereocenters. The summed E-state index contributed by atoms with van der Waals surface area (Å²) in [4.78, 5) is 27.3. The molecule has 2 heterocycles. The Morgan fingerprint density at radius 3 is 2.70 bits per heavy atom. The highest BCUT2D eigenvalue weighted by atomic mass is 32.1. The molecule has 0 radical (unpaired) electrons. The number of thiazole rings is 1. The molecule has 0 fully saturated rings. The molecule has 3 rings (SSSR count). The second-order valence-corrected chi connectivity index (χ2v) is 6.26. The monoisotopic (exact) mass is 304 g/mol. The van der Waals surface area contributed by atoms with Gasteiger partial charge in [-0.3, -0.25) is 14.9 Å². The molecule has 0 spiro atoms. The Hall–Kier alpha value is -2.12. The van der Waals surface area contributed by atoms with Crippen LogP contribution in [0.4, 0.5) is 5.00 Å². The van der Waals surface area contributed by atoms with Crippen LogP contribution in [-0.2, 0) is 6.42 Å². The van der Waals surface area contributed by atoms with Crippen molar-refractivity contribution in [3.05, 3.63) is 56.4 Å². The van der Waals surface area contributed by atoms with Gasteiger partial charge in [0.2, 0.25) is 0 Å². The second kappa shape index (κ2) is 5.10. The van der Waals surface area contributed by atoms with Crippen LogP contribution in [0.25, 0.3) is 10.2 Å². The summed E-state index contributed by atoms with van der Waals surface area (Å²) in [5.74, 6) is -0.108. The van der Waals surface area contributed by atoms with Gasteiger partial charge in [0.1, 0.15) is 0 Å². The number of benzene rings is 1. The fourth-order valence-electron chi connectivity index (χ4n) is 1.79. The summed E-state index contributed by atoms with van der Waals surface area (Å²) in [7, 11) is 0. The van der Waals surface area contributed by atoms with E-state index in [1.807, 2.05) is 24.3 Å². The molecule has 20 heavy (non-hydrogen) atoms. The summed E-state index contributed by atoms with van der Waals surface area (Å²) in [6, 6.07) is 10.6. The SMILES string of the molecule is O=C(Cc1ccc([N+](=O)[O-])s1)c1nc2ccccc2s1. The summed E-state index contributed by atoms with van der Waals surface area (Å²) < 4.78 is 0.966. The number of hydrogen-bond donors (Lipinski definition) is 0. The Labute approximate surface area is 121 Å². The Balaban J connectivity index is 1.83. The summed E-state index contributed by atoms with van der Waals surface area (Å²) in [5.41, 5.74) is 0.804. The molecule has 7 heteroatoms. The Morgan fingerprint density at radius 1 is 1.20 bits per heavy atom. The van der Waals surface area contributed by atoms with Crippen molar-refractivity contribution in [2.24, 2.45) is 0 Å². The van der Waals surface area contributed by atoms with E-state index in [1.165, 1.54) is 17.4 Å². The van der Waals surface area contributed by atoms with Crippen LogP contribution in [0.5, 0.6) is 0 Å². The topological polar surface area (TPSA) is 73.1 Å². The third-order valence-electron chi connectivity index (χ3n) is 2.69. The van der Waals surface area contributed by atoms with Crippen molar-refractivity contribution in [1.29, 1.82) is 0 Å². The molecule has 3 aromatic rings. The lowest BCUT2D eigenvalue weighted by atomic mass is 10.2. The fourth-order valence-corrected chi connectivity index (χ4v) is 3.51. The standard InChI is InChI=1S/C13H8N2O3S2/c16-10(7-8-5-6-12(19-8)15(17)18)13-14-9-3-1-2-4-11(9)20-13/h1-6H,7H2. The Kier molecular flexibility index (Phi) is 3.29. The van der Waals surface area contributed by atoms with Crippen LogP contribution in [0, 0.1) is 10.1 Å². The van der Waals surface area contributed by atoms with Gasteiger partial charge < -0.3 is 0 Å². The largest absolute Gasteiger partial charge is 0.324 e. The maximum atomic E-state index is 12.1. The molecule has 0 aliphatic rings. The van der Waals surface area contributed by atoms with Crippen molar-refractivity contribution in [3.8, 4) is 0 Å². The minimum atomic E-state index is -0.448. The van der Waals surface area contributed by atoms with E-state index in [0.717, 1.165) is 21.6 Å². The highest BCUT2D eigenvalue weighted by Crippen LogP contribution is 2.27. The van der Waals surface area contributed by atoms with E-state index in [1.54, 1.807) is 6.07 Å². The van der Waals surface area contributed by atoms with Crippen molar-refractivity contribution >= 4 is 43.7 Å². The number of aromatic nitrogens is 1. The van der Waals surface area contributed by atoms with E-state index < -0.39 is 4.92 Å². The molecule has 1 aromatic carbocycles. The van der Waals surface area contributed by atoms with Gasteiger partial charge in [-0.05, 0) is 18.2 Å². The molecule has 5 nitrogen and oxygen atoms in total. The zero-order valence-electron chi connectivity index (χ0n) is 10.1. The molecule has 0 saturated carbocycles. The van der Waals surface area contributed by atoms with Crippen molar-refractivity contribution in [3.63, 3.8) is 0 Å². The molecular formula is C13H8N2O3S2. The molecule has 0 atom stereocenters. The third kappa shape index (κ3) is 2.45. The third-order valence-corrected chi connectivity index (χ3v) is 4.81. The molecule has 0 N–H and O–H groups in total. The van der Waals surface area contributed by atoms with Gasteiger partial charge in [-0.2, -0.15) is 0 Å². The van der Waals surface area contributed by atoms with Crippen LogP contribution in [-0.4, -0.2) is 15.7 Å². The number of nitro groups is 1. The first-order chi connectivity index (χ1) is 9.63. The lowest BCUT2D eigenvalue weighted by molar-refractivity contribution is -0.380. The van der Waals surface area contributed by atoms with Gasteiger partial charge in [-0.1, -0.05) is 23.5 Å². The highest BCUT2D eigenvalue weighted by molar-refractivity contribution is 7.20. The normalized spacial score (nSPS) is 10.8. The van der Waals surface area contributed by atoms with Gasteiger partial charge >= 0.3 is 5.00 Å². The number of hydrogen-bond acceptors (Lipinski definition) is 6. The molecule has 0 aliphatic carbocycles. The van der Waals surface area contributed by atoms with Crippen molar-refractivity contribution in [1.82, 2.24) is 4.98 Å². The summed E-state index contributed by atoms with van der Waals surface area (Å²) in [5, 5.41) is 11.1. The van der Waals surface area contributed by atoms with Gasteiger partial charge in [0, 0.05) is 17.4 Å². The van der Waals surface area contributed by atoms with Gasteiger partial charge in [0.15, 0.2) is 10.8 Å². The van der Waals surface area contributed by atoms with Crippen LogP contribution in [0.15, 0.2) is 36.4 Å². The van der Waals surface area contributed by atoms with Crippen LogP contribution in [0.2, 0.25) is 0 Å². The molecular weight excluding hydrogens is 296 g/mol. The zero-order valence-corrected chi connectivity index (χ0v) is 11.7. The second-order valence-electron chi connectivity index (χ2n) is 4.08. The number of fused-ring (bicyclic) bond motifs is 1. The summed E-state index contributed by atoms with van der Waals surface area (Å²) in [6.45, 7) is 0. The van der Waals surface area contributed by atoms with E-state index in [4.69, 9.17) is 0 Å². The molecule has 100 valence electrons. The lowest BCUT2D eigenvalue weighted by Gasteiger charge is -1.92. The van der Waals surface area contributed by atoms with Crippen LogP contribution in [0.1, 0.15) is 14.7 Å².